The number of aryl methyl sites for hydroxylation is 1. The van der Waals surface area contributed by atoms with Gasteiger partial charge in [-0.15, -0.1) is 0 Å². The Kier molecular flexibility index (Phi) is 5.16. The average molecular weight is 341 g/mol. The van der Waals surface area contributed by atoms with Gasteiger partial charge in [0.15, 0.2) is 0 Å². The van der Waals surface area contributed by atoms with Gasteiger partial charge in [-0.2, -0.15) is 0 Å². The van der Waals surface area contributed by atoms with Gasteiger partial charge in [-0.25, -0.2) is 4.98 Å². The van der Waals surface area contributed by atoms with Crippen LogP contribution < -0.4 is 0 Å². The Hall–Kier alpha value is -0.940. The fourth-order valence-corrected chi connectivity index (χ4v) is 3.31. The van der Waals surface area contributed by atoms with Crippen LogP contribution in [-0.2, 0) is 0 Å². The van der Waals surface area contributed by atoms with Crippen molar-refractivity contribution >= 4 is 21.8 Å². The second-order valence-electron chi connectivity index (χ2n) is 5.59. The van der Waals surface area contributed by atoms with Crippen LogP contribution in [0.15, 0.2) is 16.7 Å². The molecule has 1 saturated carbocycles. The Bertz CT molecular complexity index is 493. The molecule has 0 saturated heterocycles. The SMILES string of the molecule is Cc1ccc(C(=O)N(C)CC2CCCCC2O)c(Br)n1. The number of halogens is 1. The number of aliphatic hydroxyl groups excluding tert-OH is 1. The molecule has 0 aromatic carbocycles. The van der Waals surface area contributed by atoms with Crippen LogP contribution in [0.25, 0.3) is 0 Å². The molecule has 2 rings (SSSR count). The highest BCUT2D eigenvalue weighted by atomic mass is 79.9. The van der Waals surface area contributed by atoms with E-state index in [4.69, 9.17) is 0 Å². The lowest BCUT2D eigenvalue weighted by atomic mass is 9.86. The summed E-state index contributed by atoms with van der Waals surface area (Å²) in [6.45, 7) is 2.49. The smallest absolute Gasteiger partial charge is 0.256 e. The Morgan fingerprint density at radius 1 is 1.45 bits per heavy atom. The topological polar surface area (TPSA) is 53.4 Å². The highest BCUT2D eigenvalue weighted by Crippen LogP contribution is 2.25. The van der Waals surface area contributed by atoms with Gasteiger partial charge in [0.2, 0.25) is 0 Å². The van der Waals surface area contributed by atoms with Crippen molar-refractivity contribution in [3.05, 3.63) is 28.0 Å². The van der Waals surface area contributed by atoms with Crippen molar-refractivity contribution in [3.63, 3.8) is 0 Å². The molecule has 0 aliphatic heterocycles. The zero-order valence-electron chi connectivity index (χ0n) is 12.0. The summed E-state index contributed by atoms with van der Waals surface area (Å²) in [5.74, 6) is 0.136. The molecule has 0 spiro atoms. The molecular weight excluding hydrogens is 320 g/mol. The lowest BCUT2D eigenvalue weighted by Crippen LogP contribution is -2.38. The minimum Gasteiger partial charge on any atom is -0.393 e. The van der Waals surface area contributed by atoms with Crippen molar-refractivity contribution in [2.45, 2.75) is 38.7 Å². The molecule has 5 heteroatoms. The van der Waals surface area contributed by atoms with E-state index >= 15 is 0 Å². The predicted molar refractivity (Wildman–Crippen MR) is 81.6 cm³/mol. The first kappa shape index (κ1) is 15.4. The maximum absolute atomic E-state index is 12.4. The molecule has 4 nitrogen and oxygen atoms in total. The van der Waals surface area contributed by atoms with Gasteiger partial charge in [-0.3, -0.25) is 4.79 Å². The van der Waals surface area contributed by atoms with Crippen LogP contribution in [-0.4, -0.2) is 40.6 Å². The standard InChI is InChI=1S/C15H21BrN2O2/c1-10-7-8-12(14(16)17-10)15(20)18(2)9-11-5-3-4-6-13(11)19/h7-8,11,13,19H,3-6,9H2,1-2H3. The van der Waals surface area contributed by atoms with Crippen LogP contribution in [0.1, 0.15) is 41.7 Å². The molecule has 1 aliphatic rings. The van der Waals surface area contributed by atoms with E-state index in [-0.39, 0.29) is 17.9 Å². The molecule has 0 bridgehead atoms. The molecule has 0 radical (unpaired) electrons. The Morgan fingerprint density at radius 3 is 2.80 bits per heavy atom. The molecule has 2 atom stereocenters. The number of hydrogen-bond acceptors (Lipinski definition) is 3. The molecule has 1 aromatic heterocycles. The van der Waals surface area contributed by atoms with Crippen LogP contribution in [0.4, 0.5) is 0 Å². The van der Waals surface area contributed by atoms with Crippen molar-refractivity contribution in [2.75, 3.05) is 13.6 Å². The number of rotatable bonds is 3. The minimum atomic E-state index is -0.279. The maximum atomic E-state index is 12.4. The molecule has 20 heavy (non-hydrogen) atoms. The highest BCUT2D eigenvalue weighted by Gasteiger charge is 2.26. The van der Waals surface area contributed by atoms with Gasteiger partial charge in [0, 0.05) is 25.2 Å². The van der Waals surface area contributed by atoms with Crippen molar-refractivity contribution in [3.8, 4) is 0 Å². The van der Waals surface area contributed by atoms with Crippen molar-refractivity contribution in [1.29, 1.82) is 0 Å². The zero-order valence-corrected chi connectivity index (χ0v) is 13.6. The normalized spacial score (nSPS) is 22.6. The van der Waals surface area contributed by atoms with E-state index in [1.165, 1.54) is 0 Å². The maximum Gasteiger partial charge on any atom is 0.256 e. The van der Waals surface area contributed by atoms with Crippen molar-refractivity contribution < 1.29 is 9.90 Å². The second-order valence-corrected chi connectivity index (χ2v) is 6.34. The van der Waals surface area contributed by atoms with Crippen LogP contribution in [0, 0.1) is 12.8 Å². The number of aliphatic hydroxyl groups is 1. The molecule has 1 N–H and O–H groups in total. The zero-order chi connectivity index (χ0) is 14.7. The number of nitrogens with zero attached hydrogens (tertiary/aromatic N) is 2. The van der Waals surface area contributed by atoms with E-state index < -0.39 is 0 Å². The summed E-state index contributed by atoms with van der Waals surface area (Å²) >= 11 is 3.35. The van der Waals surface area contributed by atoms with Gasteiger partial charge in [0.05, 0.1) is 11.7 Å². The van der Waals surface area contributed by atoms with Gasteiger partial charge < -0.3 is 10.0 Å². The first-order chi connectivity index (χ1) is 9.49. The lowest BCUT2D eigenvalue weighted by Gasteiger charge is -2.31. The van der Waals surface area contributed by atoms with E-state index in [9.17, 15) is 9.90 Å². The number of aromatic nitrogens is 1. The first-order valence-electron chi connectivity index (χ1n) is 7.05. The summed E-state index contributed by atoms with van der Waals surface area (Å²) in [5.41, 5.74) is 1.45. The highest BCUT2D eigenvalue weighted by molar-refractivity contribution is 9.10. The van der Waals surface area contributed by atoms with Crippen LogP contribution in [0.3, 0.4) is 0 Å². The molecular formula is C15H21BrN2O2. The lowest BCUT2D eigenvalue weighted by molar-refractivity contribution is 0.0450. The van der Waals surface area contributed by atoms with Crippen molar-refractivity contribution in [2.24, 2.45) is 5.92 Å². The molecule has 1 amide bonds. The summed E-state index contributed by atoms with van der Waals surface area (Å²) in [7, 11) is 1.79. The Morgan fingerprint density at radius 2 is 2.15 bits per heavy atom. The van der Waals surface area contributed by atoms with Crippen LogP contribution in [0.5, 0.6) is 0 Å². The number of hydrogen-bond donors (Lipinski definition) is 1. The third kappa shape index (κ3) is 3.58. The van der Waals surface area contributed by atoms with E-state index in [1.54, 1.807) is 18.0 Å². The molecule has 1 aromatic rings. The number of amides is 1. The number of pyridine rings is 1. The summed E-state index contributed by atoms with van der Waals surface area (Å²) in [6, 6.07) is 3.63. The van der Waals surface area contributed by atoms with E-state index in [0.717, 1.165) is 31.4 Å². The van der Waals surface area contributed by atoms with E-state index in [1.807, 2.05) is 13.0 Å². The minimum absolute atomic E-state index is 0.0536. The molecule has 1 heterocycles. The van der Waals surface area contributed by atoms with Crippen molar-refractivity contribution in [1.82, 2.24) is 9.88 Å². The summed E-state index contributed by atoms with van der Waals surface area (Å²) in [6.07, 6.45) is 3.79. The summed E-state index contributed by atoms with van der Waals surface area (Å²) < 4.78 is 0.582. The molecule has 1 aliphatic carbocycles. The molecule has 110 valence electrons. The summed E-state index contributed by atoms with van der Waals surface area (Å²) in [5, 5.41) is 10.0. The number of carbonyl (C=O) groups excluding carboxylic acids is 1. The largest absolute Gasteiger partial charge is 0.393 e. The van der Waals surface area contributed by atoms with E-state index in [2.05, 4.69) is 20.9 Å². The van der Waals surface area contributed by atoms with Crippen LogP contribution >= 0.6 is 15.9 Å². The van der Waals surface area contributed by atoms with Gasteiger partial charge in [-0.05, 0) is 47.8 Å². The Labute approximate surface area is 128 Å². The summed E-state index contributed by atoms with van der Waals surface area (Å²) in [4.78, 5) is 18.4. The van der Waals surface area contributed by atoms with Gasteiger partial charge >= 0.3 is 0 Å². The van der Waals surface area contributed by atoms with Gasteiger partial charge in [0.1, 0.15) is 4.60 Å². The average Bonchev–Trinajstić information content (AvgIpc) is 2.40. The first-order valence-corrected chi connectivity index (χ1v) is 7.85. The predicted octanol–water partition coefficient (Wildman–Crippen LogP) is 2.78. The monoisotopic (exact) mass is 340 g/mol. The van der Waals surface area contributed by atoms with Gasteiger partial charge in [0.25, 0.3) is 5.91 Å². The van der Waals surface area contributed by atoms with E-state index in [0.29, 0.717) is 16.7 Å². The van der Waals surface area contributed by atoms with Gasteiger partial charge in [-0.1, -0.05) is 12.8 Å². The van der Waals surface area contributed by atoms with Crippen LogP contribution in [0.2, 0.25) is 0 Å². The molecule has 2 unspecified atom stereocenters. The third-order valence-electron chi connectivity index (χ3n) is 3.94. The fraction of sp³-hybridized carbons (Fsp3) is 0.600. The fourth-order valence-electron chi connectivity index (χ4n) is 2.73. The number of carbonyl (C=O) groups is 1. The third-order valence-corrected chi connectivity index (χ3v) is 4.55. The quantitative estimate of drug-likeness (QED) is 0.860. The Balaban J connectivity index is 2.04. The second kappa shape index (κ2) is 6.68. The molecule has 1 fully saturated rings.